The fourth-order valence-electron chi connectivity index (χ4n) is 3.25. The highest BCUT2D eigenvalue weighted by molar-refractivity contribution is 6.30. The average Bonchev–Trinajstić information content (AvgIpc) is 2.87. The van der Waals surface area contributed by atoms with Crippen LogP contribution in [0.3, 0.4) is 0 Å². The zero-order valence-electron chi connectivity index (χ0n) is 17.7. The molecule has 1 atom stereocenters. The predicted molar refractivity (Wildman–Crippen MR) is 118 cm³/mol. The summed E-state index contributed by atoms with van der Waals surface area (Å²) in [5.41, 5.74) is 5.11. The normalized spacial score (nSPS) is 14.6. The van der Waals surface area contributed by atoms with Crippen LogP contribution in [0.25, 0.3) is 0 Å². The number of carboxylic acid groups (broad SMARTS) is 2. The summed E-state index contributed by atoms with van der Waals surface area (Å²) in [4.78, 5) is 20.3. The quantitative estimate of drug-likeness (QED) is 0.494. The van der Waals surface area contributed by atoms with E-state index in [9.17, 15) is 0 Å². The molecule has 2 N–H and O–H groups in total. The van der Waals surface area contributed by atoms with Gasteiger partial charge in [-0.2, -0.15) is 0 Å². The second-order valence-corrected chi connectivity index (χ2v) is 7.76. The number of fused-ring (bicyclic) bond motifs is 2. The molecule has 7 nitrogen and oxygen atoms in total. The van der Waals surface area contributed by atoms with Gasteiger partial charge >= 0.3 is 11.9 Å². The van der Waals surface area contributed by atoms with E-state index in [1.165, 1.54) is 22.3 Å². The lowest BCUT2D eigenvalue weighted by atomic mass is 9.97. The van der Waals surface area contributed by atoms with E-state index in [0.717, 1.165) is 31.0 Å². The first-order valence-corrected chi connectivity index (χ1v) is 10.3. The minimum absolute atomic E-state index is 0.0788. The number of carboxylic acids is 2. The Labute approximate surface area is 187 Å². The third-order valence-electron chi connectivity index (χ3n) is 4.77. The summed E-state index contributed by atoms with van der Waals surface area (Å²) in [6.07, 6.45) is 1.97. The molecule has 0 aromatic heterocycles. The van der Waals surface area contributed by atoms with Crippen molar-refractivity contribution in [3.05, 3.63) is 69.7 Å². The number of halogens is 1. The molecule has 2 aromatic rings. The minimum Gasteiger partial charge on any atom is -0.473 e. The Morgan fingerprint density at radius 2 is 1.61 bits per heavy atom. The van der Waals surface area contributed by atoms with Gasteiger partial charge in [-0.05, 0) is 61.3 Å². The zero-order chi connectivity index (χ0) is 22.8. The van der Waals surface area contributed by atoms with E-state index in [1.54, 1.807) is 0 Å². The number of likely N-dealkylation sites (N-methyl/N-ethyl adjacent to an activating group) is 1. The molecule has 0 saturated carbocycles. The Kier molecular flexibility index (Phi) is 9.94. The summed E-state index contributed by atoms with van der Waals surface area (Å²) in [6, 6.07) is 14.7. The Balaban J connectivity index is 0.000000501. The molecular weight excluding hydrogens is 422 g/mol. The van der Waals surface area contributed by atoms with Gasteiger partial charge in [-0.3, -0.25) is 0 Å². The molecule has 0 aliphatic heterocycles. The van der Waals surface area contributed by atoms with Gasteiger partial charge in [0.2, 0.25) is 0 Å². The highest BCUT2D eigenvalue weighted by Crippen LogP contribution is 2.36. The largest absolute Gasteiger partial charge is 0.473 e. The van der Waals surface area contributed by atoms with Crippen molar-refractivity contribution in [2.24, 2.45) is 0 Å². The molecule has 0 fully saturated rings. The van der Waals surface area contributed by atoms with E-state index >= 15 is 0 Å². The highest BCUT2D eigenvalue weighted by Gasteiger charge is 2.24. The Bertz CT molecular complexity index is 874. The summed E-state index contributed by atoms with van der Waals surface area (Å²) in [5.74, 6) is -3.65. The van der Waals surface area contributed by atoms with Crippen molar-refractivity contribution in [3.8, 4) is 0 Å². The van der Waals surface area contributed by atoms with Gasteiger partial charge in [0.05, 0.1) is 19.8 Å². The van der Waals surface area contributed by atoms with Crippen LogP contribution in [0.1, 0.15) is 28.4 Å². The first-order valence-electron chi connectivity index (χ1n) is 9.96. The molecule has 1 aliphatic rings. The summed E-state index contributed by atoms with van der Waals surface area (Å²) < 4.78 is 12.0. The molecule has 31 heavy (non-hydrogen) atoms. The molecule has 1 unspecified atom stereocenters. The molecule has 1 aliphatic carbocycles. The number of aryl methyl sites for hydroxylation is 2. The maximum atomic E-state index is 9.10. The van der Waals surface area contributed by atoms with Crippen LogP contribution in [-0.4, -0.2) is 67.5 Å². The molecule has 0 heterocycles. The first-order chi connectivity index (χ1) is 14.8. The van der Waals surface area contributed by atoms with Gasteiger partial charge < -0.3 is 24.6 Å². The summed E-state index contributed by atoms with van der Waals surface area (Å²) in [5, 5.41) is 15.5. The molecular formula is C23H28ClNO6. The molecule has 0 bridgehead atoms. The van der Waals surface area contributed by atoms with Gasteiger partial charge in [0.1, 0.15) is 6.10 Å². The molecule has 8 heteroatoms. The second-order valence-electron chi connectivity index (χ2n) is 7.32. The predicted octanol–water partition coefficient (Wildman–Crippen LogP) is 3.28. The van der Waals surface area contributed by atoms with Crippen molar-refractivity contribution in [1.82, 2.24) is 4.90 Å². The van der Waals surface area contributed by atoms with E-state index in [1.807, 2.05) is 20.2 Å². The van der Waals surface area contributed by atoms with Crippen LogP contribution in [0.15, 0.2) is 42.5 Å². The van der Waals surface area contributed by atoms with Gasteiger partial charge in [-0.25, -0.2) is 9.59 Å². The van der Waals surface area contributed by atoms with E-state index in [-0.39, 0.29) is 6.10 Å². The minimum atomic E-state index is -1.82. The maximum absolute atomic E-state index is 9.10. The summed E-state index contributed by atoms with van der Waals surface area (Å²) in [6.45, 7) is 2.81. The number of hydrogen-bond acceptors (Lipinski definition) is 5. The van der Waals surface area contributed by atoms with Crippen molar-refractivity contribution in [2.75, 3.05) is 40.5 Å². The van der Waals surface area contributed by atoms with Crippen molar-refractivity contribution in [1.29, 1.82) is 0 Å². The van der Waals surface area contributed by atoms with Crippen molar-refractivity contribution in [2.45, 2.75) is 18.9 Å². The van der Waals surface area contributed by atoms with E-state index < -0.39 is 11.9 Å². The molecule has 168 valence electrons. The smallest absolute Gasteiger partial charge is 0.414 e. The van der Waals surface area contributed by atoms with Crippen molar-refractivity contribution < 1.29 is 29.3 Å². The van der Waals surface area contributed by atoms with Gasteiger partial charge in [-0.15, -0.1) is 0 Å². The molecule has 0 spiro atoms. The van der Waals surface area contributed by atoms with Crippen LogP contribution in [0.5, 0.6) is 0 Å². The van der Waals surface area contributed by atoms with Crippen LogP contribution in [0, 0.1) is 0 Å². The van der Waals surface area contributed by atoms with Gasteiger partial charge in [-0.1, -0.05) is 41.9 Å². The fraction of sp³-hybridized carbons (Fsp3) is 0.391. The lowest BCUT2D eigenvalue weighted by Crippen LogP contribution is -2.19. The topological polar surface area (TPSA) is 96.3 Å². The van der Waals surface area contributed by atoms with Crippen LogP contribution in [0.2, 0.25) is 5.02 Å². The Hall–Kier alpha value is -2.45. The first kappa shape index (κ1) is 24.8. The van der Waals surface area contributed by atoms with E-state index in [4.69, 9.17) is 40.9 Å². The third kappa shape index (κ3) is 7.95. The highest BCUT2D eigenvalue weighted by atomic mass is 35.5. The fourth-order valence-corrected chi connectivity index (χ4v) is 3.43. The molecule has 2 aromatic carbocycles. The Morgan fingerprint density at radius 1 is 0.968 bits per heavy atom. The van der Waals surface area contributed by atoms with Crippen LogP contribution in [0.4, 0.5) is 0 Å². The number of rotatable bonds is 7. The average molecular weight is 450 g/mol. The standard InChI is InChI=1S/C21H26ClNO2.C2H2O4/c1-23(2)11-12-24-13-14-25-21-19-6-4-3-5-16(19)7-8-17-9-10-18(22)15-20(17)21;3-1(4)2(5)6/h3-6,9-10,15,21H,7-8,11-14H2,1-2H3;(H,3,4)(H,5,6). The number of benzene rings is 2. The SMILES string of the molecule is CN(C)CCOCCOC1c2ccccc2CCc2ccc(Cl)cc21.O=C(O)C(=O)O. The van der Waals surface area contributed by atoms with E-state index in [2.05, 4.69) is 41.3 Å². The number of carbonyl (C=O) groups is 2. The zero-order valence-corrected chi connectivity index (χ0v) is 18.5. The lowest BCUT2D eigenvalue weighted by molar-refractivity contribution is -0.159. The van der Waals surface area contributed by atoms with Gasteiger partial charge in [0.15, 0.2) is 0 Å². The van der Waals surface area contributed by atoms with E-state index in [0.29, 0.717) is 13.2 Å². The Morgan fingerprint density at radius 3 is 2.26 bits per heavy atom. The second kappa shape index (κ2) is 12.4. The third-order valence-corrected chi connectivity index (χ3v) is 5.00. The maximum Gasteiger partial charge on any atom is 0.414 e. The van der Waals surface area contributed by atoms with Crippen LogP contribution >= 0.6 is 11.6 Å². The van der Waals surface area contributed by atoms with Gasteiger partial charge in [0.25, 0.3) is 0 Å². The summed E-state index contributed by atoms with van der Waals surface area (Å²) in [7, 11) is 4.09. The number of ether oxygens (including phenoxy) is 2. The summed E-state index contributed by atoms with van der Waals surface area (Å²) >= 11 is 6.27. The lowest BCUT2D eigenvalue weighted by Gasteiger charge is -2.21. The van der Waals surface area contributed by atoms with Gasteiger partial charge in [0, 0.05) is 11.6 Å². The molecule has 3 rings (SSSR count). The molecule has 0 amide bonds. The van der Waals surface area contributed by atoms with Crippen molar-refractivity contribution >= 4 is 23.5 Å². The molecule has 0 radical (unpaired) electrons. The number of aliphatic carboxylic acids is 2. The number of hydrogen-bond donors (Lipinski definition) is 2. The molecule has 0 saturated heterocycles. The van der Waals surface area contributed by atoms with Crippen LogP contribution in [-0.2, 0) is 31.9 Å². The monoisotopic (exact) mass is 449 g/mol. The van der Waals surface area contributed by atoms with Crippen LogP contribution < -0.4 is 0 Å². The van der Waals surface area contributed by atoms with Crippen molar-refractivity contribution in [3.63, 3.8) is 0 Å². The number of nitrogens with zero attached hydrogens (tertiary/aromatic N) is 1.